The van der Waals surface area contributed by atoms with Crippen LogP contribution in [0.1, 0.15) is 11.1 Å². The first-order valence-electron chi connectivity index (χ1n) is 4.99. The molecule has 0 spiro atoms. The Balaban J connectivity index is 0.00000128. The second kappa shape index (κ2) is 8.56. The molecule has 2 aromatic rings. The van der Waals surface area contributed by atoms with Gasteiger partial charge in [-0.25, -0.2) is 0 Å². The molecule has 0 aliphatic carbocycles. The molecule has 0 atom stereocenters. The number of halogens is 1. The Morgan fingerprint density at radius 1 is 1.12 bits per heavy atom. The minimum absolute atomic E-state index is 0. The molecular formula is C14H13BrMgO. The fourth-order valence-corrected chi connectivity index (χ4v) is 1.32. The molecule has 0 aromatic heterocycles. The van der Waals surface area contributed by atoms with Crippen LogP contribution in [0.3, 0.4) is 0 Å². The quantitative estimate of drug-likeness (QED) is 0.573. The summed E-state index contributed by atoms with van der Waals surface area (Å²) in [4.78, 5) is 0. The predicted octanol–water partition coefficient (Wildman–Crippen LogP) is -0.00259. The summed E-state index contributed by atoms with van der Waals surface area (Å²) in [7, 11) is 0. The smallest absolute Gasteiger partial charge is 1.00 e. The van der Waals surface area contributed by atoms with Crippen LogP contribution in [0.4, 0.5) is 0 Å². The van der Waals surface area contributed by atoms with Crippen LogP contribution < -0.4 is 21.7 Å². The molecule has 0 bridgehead atoms. The minimum Gasteiger partial charge on any atom is -1.00 e. The first-order valence-corrected chi connectivity index (χ1v) is 4.99. The molecule has 0 N–H and O–H groups in total. The fraction of sp³-hybridized carbons (Fsp3) is 0.143. The van der Waals surface area contributed by atoms with E-state index in [1.165, 1.54) is 5.56 Å². The summed E-state index contributed by atoms with van der Waals surface area (Å²) in [5.41, 5.74) is 2.38. The normalized spacial score (nSPS) is 8.76. The van der Waals surface area contributed by atoms with Crippen molar-refractivity contribution in [1.29, 1.82) is 0 Å². The molecule has 3 heteroatoms. The van der Waals surface area contributed by atoms with E-state index in [-0.39, 0.29) is 40.0 Å². The molecular weight excluding hydrogens is 288 g/mol. The van der Waals surface area contributed by atoms with Crippen LogP contribution in [0.25, 0.3) is 0 Å². The molecule has 0 amide bonds. The molecule has 2 aromatic carbocycles. The number of ether oxygens (including phenoxy) is 1. The van der Waals surface area contributed by atoms with Gasteiger partial charge in [0.05, 0.1) is 6.61 Å². The van der Waals surface area contributed by atoms with Gasteiger partial charge in [-0.3, -0.25) is 0 Å². The summed E-state index contributed by atoms with van der Waals surface area (Å²) in [6.45, 7) is 2.66. The third-order valence-electron chi connectivity index (χ3n) is 2.20. The Labute approximate surface area is 129 Å². The van der Waals surface area contributed by atoms with Crippen molar-refractivity contribution in [2.75, 3.05) is 0 Å². The zero-order valence-electron chi connectivity index (χ0n) is 9.82. The van der Waals surface area contributed by atoms with Gasteiger partial charge in [-0.15, -0.1) is 5.56 Å². The van der Waals surface area contributed by atoms with Crippen LogP contribution in [0.5, 0.6) is 5.75 Å². The van der Waals surface area contributed by atoms with E-state index < -0.39 is 0 Å². The summed E-state index contributed by atoms with van der Waals surface area (Å²) in [6, 6.07) is 18.9. The van der Waals surface area contributed by atoms with Gasteiger partial charge in [0.1, 0.15) is 5.75 Å². The van der Waals surface area contributed by atoms with Gasteiger partial charge >= 0.3 is 23.1 Å². The minimum atomic E-state index is 0. The number of aryl methyl sites for hydroxylation is 1. The van der Waals surface area contributed by atoms with E-state index in [4.69, 9.17) is 4.74 Å². The zero-order valence-corrected chi connectivity index (χ0v) is 12.8. The first kappa shape index (κ1) is 16.5. The third kappa shape index (κ3) is 5.57. The van der Waals surface area contributed by atoms with E-state index in [0.717, 1.165) is 11.3 Å². The van der Waals surface area contributed by atoms with Gasteiger partial charge in [0.2, 0.25) is 0 Å². The van der Waals surface area contributed by atoms with Crippen LogP contribution in [0, 0.1) is 13.0 Å². The number of hydrogen-bond donors (Lipinski definition) is 0. The molecule has 0 aliphatic heterocycles. The van der Waals surface area contributed by atoms with Crippen LogP contribution in [-0.4, -0.2) is 23.1 Å². The SMILES string of the molecule is Cc1ccc(OCc2c[c-]ccc2)cc1.[Br-].[Mg+2]. The van der Waals surface area contributed by atoms with E-state index in [1.807, 2.05) is 48.5 Å². The Morgan fingerprint density at radius 2 is 1.82 bits per heavy atom. The van der Waals surface area contributed by atoms with Crippen molar-refractivity contribution in [3.05, 3.63) is 65.7 Å². The average molecular weight is 301 g/mol. The largest absolute Gasteiger partial charge is 2.00 e. The van der Waals surface area contributed by atoms with Gasteiger partial charge < -0.3 is 21.7 Å². The third-order valence-corrected chi connectivity index (χ3v) is 2.20. The molecule has 0 saturated heterocycles. The maximum absolute atomic E-state index is 5.63. The van der Waals surface area contributed by atoms with Crippen molar-refractivity contribution in [2.45, 2.75) is 13.5 Å². The van der Waals surface area contributed by atoms with Crippen LogP contribution in [-0.2, 0) is 6.61 Å². The van der Waals surface area contributed by atoms with Crippen molar-refractivity contribution >= 4 is 23.1 Å². The molecule has 17 heavy (non-hydrogen) atoms. The number of hydrogen-bond acceptors (Lipinski definition) is 1. The topological polar surface area (TPSA) is 9.23 Å². The summed E-state index contributed by atoms with van der Waals surface area (Å²) >= 11 is 0. The maximum Gasteiger partial charge on any atom is 2.00 e. The Kier molecular flexibility index (Phi) is 8.30. The number of rotatable bonds is 3. The van der Waals surface area contributed by atoms with Crippen molar-refractivity contribution in [2.24, 2.45) is 0 Å². The van der Waals surface area contributed by atoms with E-state index in [9.17, 15) is 0 Å². The van der Waals surface area contributed by atoms with Gasteiger partial charge in [-0.2, -0.15) is 30.3 Å². The van der Waals surface area contributed by atoms with Gasteiger partial charge in [-0.1, -0.05) is 17.7 Å². The van der Waals surface area contributed by atoms with Crippen molar-refractivity contribution < 1.29 is 21.7 Å². The molecule has 2 rings (SSSR count). The molecule has 0 radical (unpaired) electrons. The van der Waals surface area contributed by atoms with E-state index in [0.29, 0.717) is 6.61 Å². The van der Waals surface area contributed by atoms with Gasteiger partial charge in [0, 0.05) is 0 Å². The summed E-state index contributed by atoms with van der Waals surface area (Å²) in [6.07, 6.45) is 0. The molecule has 0 aliphatic rings. The van der Waals surface area contributed by atoms with Crippen molar-refractivity contribution in [3.8, 4) is 5.75 Å². The summed E-state index contributed by atoms with van der Waals surface area (Å²) in [5.74, 6) is 0.907. The fourth-order valence-electron chi connectivity index (χ4n) is 1.32. The maximum atomic E-state index is 5.63. The molecule has 1 nitrogen and oxygen atoms in total. The molecule has 0 fully saturated rings. The number of benzene rings is 2. The summed E-state index contributed by atoms with van der Waals surface area (Å²) in [5, 5.41) is 0. The van der Waals surface area contributed by atoms with Crippen LogP contribution in [0.15, 0.2) is 48.5 Å². The molecule has 0 saturated carbocycles. The second-order valence-corrected chi connectivity index (χ2v) is 3.51. The Morgan fingerprint density at radius 3 is 2.41 bits per heavy atom. The van der Waals surface area contributed by atoms with Crippen LogP contribution in [0.2, 0.25) is 0 Å². The second-order valence-electron chi connectivity index (χ2n) is 3.51. The van der Waals surface area contributed by atoms with Gasteiger partial charge in [0.25, 0.3) is 0 Å². The molecule has 0 heterocycles. The average Bonchev–Trinajstić information content (AvgIpc) is 2.30. The van der Waals surface area contributed by atoms with E-state index >= 15 is 0 Å². The zero-order chi connectivity index (χ0) is 10.5. The Hall–Kier alpha value is -0.514. The van der Waals surface area contributed by atoms with Crippen LogP contribution >= 0.6 is 0 Å². The van der Waals surface area contributed by atoms with Crippen molar-refractivity contribution in [1.82, 2.24) is 0 Å². The van der Waals surface area contributed by atoms with E-state index in [2.05, 4.69) is 13.0 Å². The van der Waals surface area contributed by atoms with Crippen molar-refractivity contribution in [3.63, 3.8) is 0 Å². The van der Waals surface area contributed by atoms with Gasteiger partial charge in [0.15, 0.2) is 0 Å². The standard InChI is InChI=1S/C14H13O.BrH.Mg/c1-12-7-9-14(10-8-12)15-11-13-5-3-2-4-6-13;;/h2-3,5-10H,11H2,1H3;1H;/q-1;;+2/p-1. The predicted molar refractivity (Wildman–Crippen MR) is 66.5 cm³/mol. The van der Waals surface area contributed by atoms with E-state index in [1.54, 1.807) is 0 Å². The molecule has 0 unspecified atom stereocenters. The first-order chi connectivity index (χ1) is 7.34. The Bertz CT molecular complexity index is 414. The summed E-state index contributed by atoms with van der Waals surface area (Å²) < 4.78 is 5.63. The molecule has 84 valence electrons. The monoisotopic (exact) mass is 300 g/mol. The van der Waals surface area contributed by atoms with Gasteiger partial charge in [-0.05, 0) is 19.1 Å².